The van der Waals surface area contributed by atoms with Crippen LogP contribution < -0.4 is 0 Å². The van der Waals surface area contributed by atoms with Crippen LogP contribution in [0.3, 0.4) is 0 Å². The smallest absolute Gasteiger partial charge is 0.0853 e. The van der Waals surface area contributed by atoms with E-state index in [2.05, 4.69) is 17.6 Å². The van der Waals surface area contributed by atoms with Crippen LogP contribution in [0, 0.1) is 0 Å². The van der Waals surface area contributed by atoms with E-state index < -0.39 is 0 Å². The number of aliphatic hydroxyl groups is 1. The van der Waals surface area contributed by atoms with E-state index in [-0.39, 0.29) is 6.61 Å². The van der Waals surface area contributed by atoms with Crippen molar-refractivity contribution in [2.75, 3.05) is 5.75 Å². The van der Waals surface area contributed by atoms with Crippen molar-refractivity contribution < 1.29 is 5.11 Å². The Bertz CT molecular complexity index is 286. The Labute approximate surface area is 83.7 Å². The van der Waals surface area contributed by atoms with E-state index in [0.717, 1.165) is 17.9 Å². The van der Waals surface area contributed by atoms with Gasteiger partial charge < -0.3 is 5.11 Å². The molecule has 3 heteroatoms. The molecule has 0 fully saturated rings. The molecule has 13 heavy (non-hydrogen) atoms. The Hall–Kier alpha value is -0.800. The number of hydrogen-bond donors (Lipinski definition) is 2. The van der Waals surface area contributed by atoms with Gasteiger partial charge in [-0.2, -0.15) is 12.6 Å². The summed E-state index contributed by atoms with van der Waals surface area (Å²) in [7, 11) is 0. The highest BCUT2D eigenvalue weighted by molar-refractivity contribution is 7.80. The lowest BCUT2D eigenvalue weighted by Gasteiger charge is -1.96. The van der Waals surface area contributed by atoms with E-state index >= 15 is 0 Å². The normalized spacial score (nSPS) is 10.9. The number of aliphatic hydroxyl groups excluding tert-OH is 1. The molecule has 1 heterocycles. The number of pyridine rings is 1. The quantitative estimate of drug-likeness (QED) is 0.719. The van der Waals surface area contributed by atoms with E-state index in [0.29, 0.717) is 5.69 Å². The van der Waals surface area contributed by atoms with Crippen LogP contribution in [-0.4, -0.2) is 15.8 Å². The Morgan fingerprint density at radius 3 is 3.00 bits per heavy atom. The third-order valence-electron chi connectivity index (χ3n) is 1.57. The largest absolute Gasteiger partial charge is 0.390 e. The summed E-state index contributed by atoms with van der Waals surface area (Å²) in [5.41, 5.74) is 1.58. The highest BCUT2D eigenvalue weighted by Gasteiger charge is 1.91. The minimum Gasteiger partial charge on any atom is -0.390 e. The fourth-order valence-corrected chi connectivity index (χ4v) is 1.11. The summed E-state index contributed by atoms with van der Waals surface area (Å²) in [6.07, 6.45) is 4.90. The molecule has 1 aromatic heterocycles. The van der Waals surface area contributed by atoms with Gasteiger partial charge >= 0.3 is 0 Å². The molecule has 0 aliphatic carbocycles. The Morgan fingerprint density at radius 2 is 2.31 bits per heavy atom. The van der Waals surface area contributed by atoms with Crippen LogP contribution in [0.25, 0.3) is 6.08 Å². The zero-order valence-corrected chi connectivity index (χ0v) is 8.24. The lowest BCUT2D eigenvalue weighted by atomic mass is 10.3. The third-order valence-corrected chi connectivity index (χ3v) is 1.83. The van der Waals surface area contributed by atoms with Gasteiger partial charge in [0.15, 0.2) is 0 Å². The molecule has 0 spiro atoms. The highest BCUT2D eigenvalue weighted by atomic mass is 32.1. The molecule has 0 aliphatic rings. The first-order valence-corrected chi connectivity index (χ1v) is 4.84. The van der Waals surface area contributed by atoms with Crippen molar-refractivity contribution in [2.45, 2.75) is 13.0 Å². The second-order valence-electron chi connectivity index (χ2n) is 2.63. The summed E-state index contributed by atoms with van der Waals surface area (Å²) in [5.74, 6) is 0.843. The standard InChI is InChI=1S/C10H13NOS/c12-8-10-6-3-5-9(11-10)4-1-2-7-13/h1,3-6,12-13H,2,7-8H2. The first-order chi connectivity index (χ1) is 6.36. The minimum atomic E-state index is -0.00571. The summed E-state index contributed by atoms with van der Waals surface area (Å²) in [5, 5.41) is 8.83. The molecule has 0 radical (unpaired) electrons. The topological polar surface area (TPSA) is 33.1 Å². The first-order valence-electron chi connectivity index (χ1n) is 4.21. The van der Waals surface area contributed by atoms with Gasteiger partial charge in [-0.3, -0.25) is 4.98 Å². The molecule has 0 bridgehead atoms. The summed E-state index contributed by atoms with van der Waals surface area (Å²) >= 11 is 4.09. The van der Waals surface area contributed by atoms with Crippen molar-refractivity contribution in [3.63, 3.8) is 0 Å². The van der Waals surface area contributed by atoms with E-state index in [9.17, 15) is 0 Å². The first kappa shape index (κ1) is 10.3. The highest BCUT2D eigenvalue weighted by Crippen LogP contribution is 2.02. The molecule has 1 N–H and O–H groups in total. The second kappa shape index (κ2) is 5.78. The van der Waals surface area contributed by atoms with Crippen LogP contribution in [0.1, 0.15) is 17.8 Å². The molecule has 0 atom stereocenters. The molecule has 0 amide bonds. The predicted octanol–water partition coefficient (Wildman–Crippen LogP) is 1.91. The summed E-state index contributed by atoms with van der Waals surface area (Å²) in [6.45, 7) is -0.00571. The fourth-order valence-electron chi connectivity index (χ4n) is 0.958. The maximum atomic E-state index is 8.83. The van der Waals surface area contributed by atoms with E-state index in [1.807, 2.05) is 24.3 Å². The molecule has 0 aromatic carbocycles. The number of rotatable bonds is 4. The van der Waals surface area contributed by atoms with Crippen molar-refractivity contribution in [2.24, 2.45) is 0 Å². The van der Waals surface area contributed by atoms with Crippen molar-refractivity contribution in [3.8, 4) is 0 Å². The van der Waals surface area contributed by atoms with Crippen LogP contribution in [0.15, 0.2) is 24.3 Å². The lowest BCUT2D eigenvalue weighted by Crippen LogP contribution is -1.89. The maximum Gasteiger partial charge on any atom is 0.0853 e. The minimum absolute atomic E-state index is 0.00571. The van der Waals surface area contributed by atoms with Gasteiger partial charge in [0.2, 0.25) is 0 Å². The van der Waals surface area contributed by atoms with Gasteiger partial charge in [-0.25, -0.2) is 0 Å². The zero-order chi connectivity index (χ0) is 9.52. The van der Waals surface area contributed by atoms with Crippen LogP contribution in [-0.2, 0) is 6.61 Å². The van der Waals surface area contributed by atoms with Gasteiger partial charge in [0, 0.05) is 0 Å². The van der Waals surface area contributed by atoms with Crippen LogP contribution in [0.2, 0.25) is 0 Å². The fraction of sp³-hybridized carbons (Fsp3) is 0.300. The van der Waals surface area contributed by atoms with Crippen molar-refractivity contribution in [3.05, 3.63) is 35.7 Å². The lowest BCUT2D eigenvalue weighted by molar-refractivity contribution is 0.277. The van der Waals surface area contributed by atoms with Crippen molar-refractivity contribution in [1.29, 1.82) is 0 Å². The van der Waals surface area contributed by atoms with Gasteiger partial charge in [0.25, 0.3) is 0 Å². The Balaban J connectivity index is 2.66. The molecule has 0 unspecified atom stereocenters. The van der Waals surface area contributed by atoms with E-state index in [1.165, 1.54) is 0 Å². The average Bonchev–Trinajstić information content (AvgIpc) is 2.19. The number of aromatic nitrogens is 1. The van der Waals surface area contributed by atoms with Gasteiger partial charge in [0.05, 0.1) is 18.0 Å². The molecular formula is C10H13NOS. The number of hydrogen-bond acceptors (Lipinski definition) is 3. The van der Waals surface area contributed by atoms with Gasteiger partial charge in [-0.1, -0.05) is 12.1 Å². The van der Waals surface area contributed by atoms with Crippen molar-refractivity contribution in [1.82, 2.24) is 4.98 Å². The van der Waals surface area contributed by atoms with Gasteiger partial charge in [-0.15, -0.1) is 0 Å². The average molecular weight is 195 g/mol. The molecule has 0 aliphatic heterocycles. The molecule has 1 aromatic rings. The van der Waals surface area contributed by atoms with Crippen molar-refractivity contribution >= 4 is 18.7 Å². The Kier molecular flexibility index (Phi) is 4.57. The molecule has 1 rings (SSSR count). The number of thiol groups is 1. The maximum absolute atomic E-state index is 8.83. The van der Waals surface area contributed by atoms with E-state index in [4.69, 9.17) is 5.11 Å². The summed E-state index contributed by atoms with van der Waals surface area (Å²) in [4.78, 5) is 4.20. The third kappa shape index (κ3) is 3.61. The summed E-state index contributed by atoms with van der Waals surface area (Å²) < 4.78 is 0. The van der Waals surface area contributed by atoms with Gasteiger partial charge in [-0.05, 0) is 30.4 Å². The van der Waals surface area contributed by atoms with Crippen LogP contribution in [0.4, 0.5) is 0 Å². The molecule has 0 saturated carbocycles. The van der Waals surface area contributed by atoms with Gasteiger partial charge in [0.1, 0.15) is 0 Å². The molecule has 70 valence electrons. The van der Waals surface area contributed by atoms with Crippen LogP contribution >= 0.6 is 12.6 Å². The SMILES string of the molecule is OCc1cccc(C=CCCS)n1. The summed E-state index contributed by atoms with van der Waals surface area (Å²) in [6, 6.07) is 5.60. The second-order valence-corrected chi connectivity index (χ2v) is 3.07. The zero-order valence-electron chi connectivity index (χ0n) is 7.35. The monoisotopic (exact) mass is 195 g/mol. The molecule has 0 saturated heterocycles. The number of nitrogens with zero attached hydrogens (tertiary/aromatic N) is 1. The van der Waals surface area contributed by atoms with Crippen LogP contribution in [0.5, 0.6) is 0 Å². The number of allylic oxidation sites excluding steroid dienone is 1. The molecular weight excluding hydrogens is 182 g/mol. The molecule has 2 nitrogen and oxygen atoms in total. The predicted molar refractivity (Wildman–Crippen MR) is 57.7 cm³/mol. The van der Waals surface area contributed by atoms with E-state index in [1.54, 1.807) is 6.07 Å². The Morgan fingerprint density at radius 1 is 1.46 bits per heavy atom.